The number of hydrogen-bond donors (Lipinski definition) is 3. The van der Waals surface area contributed by atoms with Crippen LogP contribution < -0.4 is 5.32 Å². The van der Waals surface area contributed by atoms with Crippen LogP contribution in [0.25, 0.3) is 0 Å². The molecule has 5 atom stereocenters. The molecule has 0 aliphatic heterocycles. The van der Waals surface area contributed by atoms with Crippen molar-refractivity contribution in [1.29, 1.82) is 0 Å². The first-order chi connectivity index (χ1) is 13.7. The Balaban J connectivity index is 1.74. The van der Waals surface area contributed by atoms with Gasteiger partial charge in [0.2, 0.25) is 5.91 Å². The second-order valence-electron chi connectivity index (χ2n) is 9.51. The lowest BCUT2D eigenvalue weighted by molar-refractivity contribution is -0.128. The molecule has 0 aromatic rings. The third-order valence-corrected chi connectivity index (χ3v) is 6.57. The van der Waals surface area contributed by atoms with E-state index in [2.05, 4.69) is 30.5 Å². The van der Waals surface area contributed by atoms with Gasteiger partial charge in [-0.25, -0.2) is 0 Å². The van der Waals surface area contributed by atoms with Crippen molar-refractivity contribution in [3.63, 3.8) is 0 Å². The summed E-state index contributed by atoms with van der Waals surface area (Å²) in [5.41, 5.74) is 0.834. The molecule has 5 nitrogen and oxygen atoms in total. The van der Waals surface area contributed by atoms with E-state index in [9.17, 15) is 15.0 Å². The van der Waals surface area contributed by atoms with Crippen molar-refractivity contribution >= 4 is 5.91 Å². The predicted octanol–water partition coefficient (Wildman–Crippen LogP) is 3.28. The van der Waals surface area contributed by atoms with Crippen molar-refractivity contribution in [3.8, 4) is 0 Å². The Labute approximate surface area is 177 Å². The molecule has 0 saturated heterocycles. The maximum absolute atomic E-state index is 11.6. The number of hydrogen-bond acceptors (Lipinski definition) is 4. The Bertz CT molecular complexity index is 583. The summed E-state index contributed by atoms with van der Waals surface area (Å²) in [5, 5.41) is 24.3. The third-order valence-electron chi connectivity index (χ3n) is 6.57. The van der Waals surface area contributed by atoms with E-state index in [0.717, 1.165) is 51.6 Å². The summed E-state index contributed by atoms with van der Waals surface area (Å²) < 4.78 is 0. The van der Waals surface area contributed by atoms with Crippen molar-refractivity contribution < 1.29 is 15.0 Å². The molecular formula is C24H42N2O3. The lowest BCUT2D eigenvalue weighted by Crippen LogP contribution is -2.27. The van der Waals surface area contributed by atoms with Crippen LogP contribution in [0, 0.1) is 17.8 Å². The first-order valence-corrected chi connectivity index (χ1v) is 11.4. The van der Waals surface area contributed by atoms with Gasteiger partial charge in [-0.05, 0) is 57.4 Å². The fourth-order valence-electron chi connectivity index (χ4n) is 4.72. The molecule has 3 N–H and O–H groups in total. The molecule has 1 saturated carbocycles. The van der Waals surface area contributed by atoms with Gasteiger partial charge in [-0.2, -0.15) is 0 Å². The second kappa shape index (κ2) is 11.3. The number of rotatable bonds is 12. The minimum atomic E-state index is -0.645. The molecule has 2 rings (SSSR count). The van der Waals surface area contributed by atoms with Crippen molar-refractivity contribution in [2.75, 3.05) is 27.2 Å². The minimum absolute atomic E-state index is 0.157. The summed E-state index contributed by atoms with van der Waals surface area (Å²) >= 11 is 0. The standard InChI is InChI=1S/C24H42N2O3/c1-5-6-11-24(2,29)12-7-8-20-21-16-18(15-19(21)17-22(20)27)9-13-25-14-10-23(28)26(3)4/h7-8,15,19-22,25,27,29H,5-6,9-14,16-17H2,1-4H3/b8-7+/t19-,20+,21-,22+,24-/m0/s1. The fourth-order valence-corrected chi connectivity index (χ4v) is 4.72. The van der Waals surface area contributed by atoms with Gasteiger partial charge in [0.05, 0.1) is 11.7 Å². The number of aliphatic hydroxyl groups is 2. The maximum Gasteiger partial charge on any atom is 0.223 e. The van der Waals surface area contributed by atoms with Crippen LogP contribution in [0.15, 0.2) is 23.8 Å². The van der Waals surface area contributed by atoms with Gasteiger partial charge in [0.1, 0.15) is 0 Å². The summed E-state index contributed by atoms with van der Waals surface area (Å²) in [4.78, 5) is 13.2. The molecule has 0 aromatic heterocycles. The van der Waals surface area contributed by atoms with E-state index in [1.54, 1.807) is 19.0 Å². The van der Waals surface area contributed by atoms with Crippen LogP contribution in [0.4, 0.5) is 0 Å². The monoisotopic (exact) mass is 406 g/mol. The van der Waals surface area contributed by atoms with Gasteiger partial charge in [0.25, 0.3) is 0 Å². The molecule has 29 heavy (non-hydrogen) atoms. The van der Waals surface area contributed by atoms with E-state index < -0.39 is 5.60 Å². The van der Waals surface area contributed by atoms with Gasteiger partial charge in [0.15, 0.2) is 0 Å². The quantitative estimate of drug-likeness (QED) is 0.344. The zero-order chi connectivity index (χ0) is 21.4. The number of allylic oxidation sites excluding steroid dienone is 1. The highest BCUT2D eigenvalue weighted by molar-refractivity contribution is 5.75. The fraction of sp³-hybridized carbons (Fsp3) is 0.792. The Morgan fingerprint density at radius 2 is 2.14 bits per heavy atom. The Morgan fingerprint density at radius 3 is 2.83 bits per heavy atom. The molecule has 0 aromatic carbocycles. The molecule has 0 radical (unpaired) electrons. The molecule has 0 bridgehead atoms. The first kappa shape index (κ1) is 24.1. The Morgan fingerprint density at radius 1 is 1.38 bits per heavy atom. The molecule has 2 aliphatic carbocycles. The van der Waals surface area contributed by atoms with Gasteiger partial charge in [-0.1, -0.05) is 43.6 Å². The number of nitrogens with zero attached hydrogens (tertiary/aromatic N) is 1. The van der Waals surface area contributed by atoms with Gasteiger partial charge >= 0.3 is 0 Å². The molecule has 0 spiro atoms. The molecule has 5 heteroatoms. The highest BCUT2D eigenvalue weighted by Gasteiger charge is 2.43. The zero-order valence-corrected chi connectivity index (χ0v) is 18.9. The summed E-state index contributed by atoms with van der Waals surface area (Å²) in [6, 6.07) is 0. The maximum atomic E-state index is 11.6. The number of aliphatic hydroxyl groups excluding tert-OH is 1. The normalized spacial score (nSPS) is 28.4. The molecule has 0 unspecified atom stereocenters. The largest absolute Gasteiger partial charge is 0.392 e. The van der Waals surface area contributed by atoms with Crippen LogP contribution in [-0.2, 0) is 4.79 Å². The molecule has 1 amide bonds. The van der Waals surface area contributed by atoms with Crippen molar-refractivity contribution in [1.82, 2.24) is 10.2 Å². The van der Waals surface area contributed by atoms with Gasteiger partial charge in [-0.15, -0.1) is 0 Å². The lowest BCUT2D eigenvalue weighted by atomic mass is 9.88. The van der Waals surface area contributed by atoms with Gasteiger partial charge in [0, 0.05) is 33.0 Å². The highest BCUT2D eigenvalue weighted by Crippen LogP contribution is 2.47. The number of amides is 1. The Kier molecular flexibility index (Phi) is 9.38. The molecule has 0 heterocycles. The van der Waals surface area contributed by atoms with Gasteiger partial charge < -0.3 is 20.4 Å². The summed E-state index contributed by atoms with van der Waals surface area (Å²) in [6.45, 7) is 5.67. The van der Waals surface area contributed by atoms with Crippen LogP contribution >= 0.6 is 0 Å². The highest BCUT2D eigenvalue weighted by atomic mass is 16.3. The van der Waals surface area contributed by atoms with E-state index in [4.69, 9.17) is 0 Å². The van der Waals surface area contributed by atoms with Crippen LogP contribution in [-0.4, -0.2) is 59.9 Å². The summed E-state index contributed by atoms with van der Waals surface area (Å²) in [7, 11) is 3.58. The molecule has 2 aliphatic rings. The van der Waals surface area contributed by atoms with E-state index in [1.807, 2.05) is 6.92 Å². The van der Waals surface area contributed by atoms with Crippen molar-refractivity contribution in [2.45, 2.75) is 76.9 Å². The van der Waals surface area contributed by atoms with Crippen LogP contribution in [0.2, 0.25) is 0 Å². The Hall–Kier alpha value is -1.17. The average molecular weight is 407 g/mol. The summed E-state index contributed by atoms with van der Waals surface area (Å²) in [5.74, 6) is 1.32. The predicted molar refractivity (Wildman–Crippen MR) is 118 cm³/mol. The van der Waals surface area contributed by atoms with Crippen LogP contribution in [0.3, 0.4) is 0 Å². The first-order valence-electron chi connectivity index (χ1n) is 11.4. The molecule has 166 valence electrons. The van der Waals surface area contributed by atoms with E-state index >= 15 is 0 Å². The smallest absolute Gasteiger partial charge is 0.223 e. The molecular weight excluding hydrogens is 364 g/mol. The van der Waals surface area contributed by atoms with E-state index in [0.29, 0.717) is 24.7 Å². The number of unbranched alkanes of at least 4 members (excludes halogenated alkanes) is 1. The number of carbonyl (C=O) groups is 1. The van der Waals surface area contributed by atoms with Crippen molar-refractivity contribution in [3.05, 3.63) is 23.8 Å². The number of carbonyl (C=O) groups excluding carboxylic acids is 1. The second-order valence-corrected chi connectivity index (χ2v) is 9.51. The number of fused-ring (bicyclic) bond motifs is 1. The van der Waals surface area contributed by atoms with Crippen molar-refractivity contribution in [2.24, 2.45) is 17.8 Å². The lowest BCUT2D eigenvalue weighted by Gasteiger charge is -2.22. The zero-order valence-electron chi connectivity index (χ0n) is 18.9. The summed E-state index contributed by atoms with van der Waals surface area (Å²) in [6.07, 6.45) is 13.4. The minimum Gasteiger partial charge on any atom is -0.392 e. The van der Waals surface area contributed by atoms with Crippen LogP contribution in [0.5, 0.6) is 0 Å². The third kappa shape index (κ3) is 7.54. The van der Waals surface area contributed by atoms with Crippen LogP contribution in [0.1, 0.15) is 65.2 Å². The topological polar surface area (TPSA) is 72.8 Å². The number of nitrogens with one attached hydrogen (secondary N) is 1. The molecule has 1 fully saturated rings. The van der Waals surface area contributed by atoms with Gasteiger partial charge in [-0.3, -0.25) is 4.79 Å². The van der Waals surface area contributed by atoms with E-state index in [1.165, 1.54) is 5.57 Å². The average Bonchev–Trinajstić information content (AvgIpc) is 3.17. The van der Waals surface area contributed by atoms with E-state index in [-0.39, 0.29) is 17.9 Å². The SMILES string of the molecule is CCCC[C@](C)(O)C/C=C/[C@@H]1[C@H]2CC(CCNCCC(=O)N(C)C)=C[C@H]2C[C@H]1O.